The molecule has 0 unspecified atom stereocenters. The zero-order valence-electron chi connectivity index (χ0n) is 9.88. The van der Waals surface area contributed by atoms with Crippen LogP contribution in [0.15, 0.2) is 48.5 Å². The van der Waals surface area contributed by atoms with E-state index in [1.807, 2.05) is 0 Å². The number of hydrogen-bond donors (Lipinski definition) is 4. The lowest BCUT2D eigenvalue weighted by Gasteiger charge is -2.29. The van der Waals surface area contributed by atoms with Gasteiger partial charge in [0.05, 0.1) is 6.61 Å². The van der Waals surface area contributed by atoms with Gasteiger partial charge in [0.2, 0.25) is 0 Å². The number of anilines is 2. The first-order chi connectivity index (χ1) is 8.59. The number of nitrogen functional groups attached to an aromatic ring is 2. The third-order valence-corrected chi connectivity index (χ3v) is 3.04. The first-order valence-corrected chi connectivity index (χ1v) is 5.63. The second-order valence-electron chi connectivity index (χ2n) is 4.19. The van der Waals surface area contributed by atoms with Crippen molar-refractivity contribution in [1.29, 1.82) is 0 Å². The van der Waals surface area contributed by atoms with Crippen molar-refractivity contribution < 1.29 is 10.2 Å². The number of hydrogen-bond acceptors (Lipinski definition) is 4. The van der Waals surface area contributed by atoms with Crippen LogP contribution in [-0.4, -0.2) is 16.8 Å². The number of rotatable bonds is 3. The largest absolute Gasteiger partial charge is 0.398 e. The topological polar surface area (TPSA) is 92.5 Å². The molecular formula is C14H16N2O2. The minimum absolute atomic E-state index is 0.414. The van der Waals surface area contributed by atoms with E-state index in [4.69, 9.17) is 11.5 Å². The zero-order valence-corrected chi connectivity index (χ0v) is 9.88. The number of aliphatic hydroxyl groups is 2. The van der Waals surface area contributed by atoms with Crippen molar-refractivity contribution in [3.05, 3.63) is 59.7 Å². The maximum Gasteiger partial charge on any atom is 0.141 e. The molecule has 6 N–H and O–H groups in total. The summed E-state index contributed by atoms with van der Waals surface area (Å²) < 4.78 is 0. The zero-order chi connectivity index (χ0) is 13.2. The van der Waals surface area contributed by atoms with Crippen LogP contribution in [0.3, 0.4) is 0 Å². The fourth-order valence-electron chi connectivity index (χ4n) is 2.06. The molecule has 4 nitrogen and oxygen atoms in total. The SMILES string of the molecule is Nc1ccccc1C(O)(CO)c1ccccc1N. The summed E-state index contributed by atoms with van der Waals surface area (Å²) in [6, 6.07) is 13.8. The van der Waals surface area contributed by atoms with Gasteiger partial charge in [-0.3, -0.25) is 0 Å². The maximum absolute atomic E-state index is 10.7. The highest BCUT2D eigenvalue weighted by atomic mass is 16.3. The van der Waals surface area contributed by atoms with Crippen LogP contribution in [-0.2, 0) is 5.60 Å². The van der Waals surface area contributed by atoms with Gasteiger partial charge in [-0.15, -0.1) is 0 Å². The van der Waals surface area contributed by atoms with Crippen LogP contribution in [0, 0.1) is 0 Å². The quantitative estimate of drug-likeness (QED) is 0.608. The van der Waals surface area contributed by atoms with Crippen molar-refractivity contribution in [3.63, 3.8) is 0 Å². The van der Waals surface area contributed by atoms with E-state index < -0.39 is 12.2 Å². The molecule has 0 aromatic heterocycles. The molecule has 0 saturated carbocycles. The van der Waals surface area contributed by atoms with Crippen LogP contribution in [0.1, 0.15) is 11.1 Å². The van der Waals surface area contributed by atoms with Gasteiger partial charge < -0.3 is 21.7 Å². The summed E-state index contributed by atoms with van der Waals surface area (Å²) >= 11 is 0. The Morgan fingerprint density at radius 1 is 0.833 bits per heavy atom. The first kappa shape index (κ1) is 12.4. The highest BCUT2D eigenvalue weighted by molar-refractivity contribution is 5.59. The van der Waals surface area contributed by atoms with Crippen LogP contribution in [0.5, 0.6) is 0 Å². The lowest BCUT2D eigenvalue weighted by atomic mass is 9.85. The van der Waals surface area contributed by atoms with Gasteiger partial charge in [-0.25, -0.2) is 0 Å². The summed E-state index contributed by atoms with van der Waals surface area (Å²) in [6.07, 6.45) is 0. The normalized spacial score (nSPS) is 11.4. The summed E-state index contributed by atoms with van der Waals surface area (Å²) in [4.78, 5) is 0. The predicted octanol–water partition coefficient (Wildman–Crippen LogP) is 1.08. The van der Waals surface area contributed by atoms with Crippen LogP contribution in [0.25, 0.3) is 0 Å². The molecule has 0 saturated heterocycles. The molecule has 0 aliphatic heterocycles. The van der Waals surface area contributed by atoms with Crippen LogP contribution < -0.4 is 11.5 Å². The molecule has 0 amide bonds. The van der Waals surface area contributed by atoms with E-state index in [2.05, 4.69) is 0 Å². The molecule has 2 aromatic rings. The van der Waals surface area contributed by atoms with E-state index in [1.165, 1.54) is 0 Å². The van der Waals surface area contributed by atoms with Gasteiger partial charge in [-0.1, -0.05) is 36.4 Å². The van der Waals surface area contributed by atoms with E-state index in [-0.39, 0.29) is 0 Å². The van der Waals surface area contributed by atoms with Crippen LogP contribution in [0.2, 0.25) is 0 Å². The summed E-state index contributed by atoms with van der Waals surface area (Å²) in [6.45, 7) is -0.491. The Kier molecular flexibility index (Phi) is 3.23. The number of nitrogens with two attached hydrogens (primary N) is 2. The standard InChI is InChI=1S/C14H16N2O2/c15-12-7-3-1-5-10(12)14(18,9-17)11-6-2-4-8-13(11)16/h1-8,17-18H,9,15-16H2. The fourth-order valence-corrected chi connectivity index (χ4v) is 2.06. The summed E-state index contributed by atoms with van der Waals surface area (Å²) in [5.74, 6) is 0. The van der Waals surface area contributed by atoms with Crippen molar-refractivity contribution >= 4 is 11.4 Å². The summed E-state index contributed by atoms with van der Waals surface area (Å²) in [5.41, 5.74) is 11.9. The lowest BCUT2D eigenvalue weighted by molar-refractivity contribution is 0.0185. The molecule has 2 aromatic carbocycles. The Bertz CT molecular complexity index is 509. The molecule has 18 heavy (non-hydrogen) atoms. The minimum Gasteiger partial charge on any atom is -0.398 e. The molecule has 0 bridgehead atoms. The molecule has 2 rings (SSSR count). The van der Waals surface area contributed by atoms with Gasteiger partial charge in [0.25, 0.3) is 0 Å². The first-order valence-electron chi connectivity index (χ1n) is 5.63. The smallest absolute Gasteiger partial charge is 0.141 e. The van der Waals surface area contributed by atoms with Gasteiger partial charge in [-0.2, -0.15) is 0 Å². The van der Waals surface area contributed by atoms with Crippen molar-refractivity contribution in [3.8, 4) is 0 Å². The molecule has 0 heterocycles. The molecule has 0 atom stereocenters. The highest BCUT2D eigenvalue weighted by Gasteiger charge is 2.34. The average molecular weight is 244 g/mol. The van der Waals surface area contributed by atoms with E-state index >= 15 is 0 Å². The third-order valence-electron chi connectivity index (χ3n) is 3.04. The molecule has 0 fully saturated rings. The maximum atomic E-state index is 10.7. The monoisotopic (exact) mass is 244 g/mol. The molecule has 0 spiro atoms. The number of para-hydroxylation sites is 2. The summed E-state index contributed by atoms with van der Waals surface area (Å²) in [5, 5.41) is 20.3. The Morgan fingerprint density at radius 3 is 1.56 bits per heavy atom. The Labute approximate surface area is 105 Å². The second-order valence-corrected chi connectivity index (χ2v) is 4.19. The van der Waals surface area contributed by atoms with Gasteiger partial charge in [0, 0.05) is 22.5 Å². The third kappa shape index (κ3) is 1.92. The molecule has 4 heteroatoms. The fraction of sp³-hybridized carbons (Fsp3) is 0.143. The second kappa shape index (κ2) is 4.68. The average Bonchev–Trinajstić information content (AvgIpc) is 2.39. The van der Waals surface area contributed by atoms with Crippen LogP contribution in [0.4, 0.5) is 11.4 Å². The lowest BCUT2D eigenvalue weighted by Crippen LogP contribution is -2.33. The molecule has 0 aliphatic carbocycles. The van der Waals surface area contributed by atoms with Crippen molar-refractivity contribution in [2.45, 2.75) is 5.60 Å². The number of aliphatic hydroxyl groups excluding tert-OH is 1. The van der Waals surface area contributed by atoms with E-state index in [0.29, 0.717) is 22.5 Å². The van der Waals surface area contributed by atoms with E-state index in [0.717, 1.165) is 0 Å². The van der Waals surface area contributed by atoms with Gasteiger partial charge in [0.1, 0.15) is 5.60 Å². The minimum atomic E-state index is -1.59. The highest BCUT2D eigenvalue weighted by Crippen LogP contribution is 2.35. The Hall–Kier alpha value is -2.04. The molecular weight excluding hydrogens is 228 g/mol. The molecule has 0 radical (unpaired) electrons. The Morgan fingerprint density at radius 2 is 1.22 bits per heavy atom. The number of benzene rings is 2. The van der Waals surface area contributed by atoms with Crippen molar-refractivity contribution in [1.82, 2.24) is 0 Å². The Balaban J connectivity index is 2.63. The van der Waals surface area contributed by atoms with Gasteiger partial charge >= 0.3 is 0 Å². The van der Waals surface area contributed by atoms with Gasteiger partial charge in [-0.05, 0) is 12.1 Å². The van der Waals surface area contributed by atoms with Crippen molar-refractivity contribution in [2.75, 3.05) is 18.1 Å². The van der Waals surface area contributed by atoms with E-state index in [9.17, 15) is 10.2 Å². The van der Waals surface area contributed by atoms with Crippen molar-refractivity contribution in [2.24, 2.45) is 0 Å². The predicted molar refractivity (Wildman–Crippen MR) is 71.8 cm³/mol. The van der Waals surface area contributed by atoms with E-state index in [1.54, 1.807) is 48.5 Å². The molecule has 0 aliphatic rings. The van der Waals surface area contributed by atoms with Gasteiger partial charge in [0.15, 0.2) is 0 Å². The summed E-state index contributed by atoms with van der Waals surface area (Å²) in [7, 11) is 0. The molecule has 94 valence electrons. The van der Waals surface area contributed by atoms with Crippen LogP contribution >= 0.6 is 0 Å².